The second-order valence-corrected chi connectivity index (χ2v) is 4.63. The van der Waals surface area contributed by atoms with Gasteiger partial charge in [0, 0.05) is 17.1 Å². The molecule has 0 saturated carbocycles. The Morgan fingerprint density at radius 2 is 2.30 bits per heavy atom. The van der Waals surface area contributed by atoms with Crippen LogP contribution >= 0.6 is 11.3 Å². The number of rotatable bonds is 5. The standard InChI is InChI=1S/C11H10FN3O4S/c1-19-10-3-8(7(12)2-9(10)15(17)18)13-4-6-5-20-11(16)14-6/h2-3,5,13H,4H2,1H3,(H,14,16). The highest BCUT2D eigenvalue weighted by Crippen LogP contribution is 2.32. The first-order chi connectivity index (χ1) is 9.51. The lowest BCUT2D eigenvalue weighted by Crippen LogP contribution is -2.05. The van der Waals surface area contributed by atoms with Crippen molar-refractivity contribution in [3.05, 3.63) is 48.8 Å². The van der Waals surface area contributed by atoms with Gasteiger partial charge in [0.15, 0.2) is 11.6 Å². The minimum Gasteiger partial charge on any atom is -0.490 e. The van der Waals surface area contributed by atoms with Crippen LogP contribution < -0.4 is 14.9 Å². The van der Waals surface area contributed by atoms with Gasteiger partial charge in [-0.05, 0) is 0 Å². The van der Waals surface area contributed by atoms with E-state index in [1.54, 1.807) is 5.38 Å². The van der Waals surface area contributed by atoms with Crippen molar-refractivity contribution < 1.29 is 14.1 Å². The minimum atomic E-state index is -0.768. The quantitative estimate of drug-likeness (QED) is 0.651. The molecule has 0 aliphatic heterocycles. The van der Waals surface area contributed by atoms with Crippen LogP contribution in [0, 0.1) is 15.9 Å². The lowest BCUT2D eigenvalue weighted by Gasteiger charge is -2.09. The lowest BCUT2D eigenvalue weighted by molar-refractivity contribution is -0.385. The monoisotopic (exact) mass is 299 g/mol. The van der Waals surface area contributed by atoms with Crippen molar-refractivity contribution in [3.8, 4) is 5.75 Å². The summed E-state index contributed by atoms with van der Waals surface area (Å²) >= 11 is 0.999. The molecule has 0 fully saturated rings. The fourth-order valence-corrected chi connectivity index (χ4v) is 2.16. The molecule has 0 spiro atoms. The van der Waals surface area contributed by atoms with E-state index in [2.05, 4.69) is 10.3 Å². The molecular formula is C11H10FN3O4S. The largest absolute Gasteiger partial charge is 0.490 e. The average molecular weight is 299 g/mol. The van der Waals surface area contributed by atoms with Crippen molar-refractivity contribution in [2.24, 2.45) is 0 Å². The predicted molar refractivity (Wildman–Crippen MR) is 71.9 cm³/mol. The van der Waals surface area contributed by atoms with E-state index in [1.807, 2.05) is 0 Å². The number of nitrogens with one attached hydrogen (secondary N) is 2. The van der Waals surface area contributed by atoms with Crippen molar-refractivity contribution in [3.63, 3.8) is 0 Å². The molecule has 0 atom stereocenters. The van der Waals surface area contributed by atoms with Gasteiger partial charge in [-0.3, -0.25) is 14.9 Å². The number of hydrogen-bond donors (Lipinski definition) is 2. The zero-order chi connectivity index (χ0) is 14.7. The summed E-state index contributed by atoms with van der Waals surface area (Å²) in [6.45, 7) is 0.191. The van der Waals surface area contributed by atoms with Crippen LogP contribution in [0.2, 0.25) is 0 Å². The topological polar surface area (TPSA) is 97.3 Å². The number of benzene rings is 1. The number of nitro benzene ring substituents is 1. The molecule has 0 unspecified atom stereocenters. The number of nitro groups is 1. The van der Waals surface area contributed by atoms with Crippen LogP contribution in [0.1, 0.15) is 5.69 Å². The molecular weight excluding hydrogens is 289 g/mol. The second-order valence-electron chi connectivity index (χ2n) is 3.79. The van der Waals surface area contributed by atoms with Crippen LogP contribution in [0.3, 0.4) is 0 Å². The summed E-state index contributed by atoms with van der Waals surface area (Å²) in [7, 11) is 1.26. The van der Waals surface area contributed by atoms with E-state index >= 15 is 0 Å². The highest BCUT2D eigenvalue weighted by molar-refractivity contribution is 7.07. The zero-order valence-electron chi connectivity index (χ0n) is 10.3. The van der Waals surface area contributed by atoms with E-state index in [9.17, 15) is 19.3 Å². The SMILES string of the molecule is COc1cc(NCc2csc(=O)[nH]2)c(F)cc1[N+](=O)[O-]. The Bertz CT molecular complexity index is 697. The molecule has 20 heavy (non-hydrogen) atoms. The summed E-state index contributed by atoms with van der Waals surface area (Å²) < 4.78 is 18.6. The van der Waals surface area contributed by atoms with Gasteiger partial charge in [-0.1, -0.05) is 11.3 Å². The van der Waals surface area contributed by atoms with Crippen molar-refractivity contribution in [2.45, 2.75) is 6.54 Å². The van der Waals surface area contributed by atoms with Crippen LogP contribution in [0.15, 0.2) is 22.3 Å². The Morgan fingerprint density at radius 1 is 1.55 bits per heavy atom. The summed E-state index contributed by atoms with van der Waals surface area (Å²) in [6, 6.07) is 2.00. The molecule has 0 amide bonds. The van der Waals surface area contributed by atoms with Crippen molar-refractivity contribution in [2.75, 3.05) is 12.4 Å². The van der Waals surface area contributed by atoms with Gasteiger partial charge >= 0.3 is 10.6 Å². The number of hydrogen-bond acceptors (Lipinski definition) is 6. The normalized spacial score (nSPS) is 10.3. The molecule has 0 saturated heterocycles. The smallest absolute Gasteiger partial charge is 0.313 e. The van der Waals surface area contributed by atoms with Gasteiger partial charge in [0.2, 0.25) is 0 Å². The first-order valence-corrected chi connectivity index (χ1v) is 6.31. The number of ether oxygens (including phenoxy) is 1. The van der Waals surface area contributed by atoms with E-state index in [-0.39, 0.29) is 22.9 Å². The molecule has 1 aromatic heterocycles. The lowest BCUT2D eigenvalue weighted by atomic mass is 10.2. The van der Waals surface area contributed by atoms with Crippen LogP contribution in [0.5, 0.6) is 5.75 Å². The molecule has 0 radical (unpaired) electrons. The van der Waals surface area contributed by atoms with Gasteiger partial charge in [-0.25, -0.2) is 4.39 Å². The molecule has 1 heterocycles. The van der Waals surface area contributed by atoms with Crippen molar-refractivity contribution >= 4 is 22.7 Å². The van der Waals surface area contributed by atoms with E-state index in [4.69, 9.17) is 4.74 Å². The maximum absolute atomic E-state index is 13.7. The molecule has 1 aromatic carbocycles. The highest BCUT2D eigenvalue weighted by atomic mass is 32.1. The first kappa shape index (κ1) is 14.0. The van der Waals surface area contributed by atoms with Gasteiger partial charge < -0.3 is 15.0 Å². The van der Waals surface area contributed by atoms with Crippen LogP contribution in [0.4, 0.5) is 15.8 Å². The fraction of sp³-hybridized carbons (Fsp3) is 0.182. The molecule has 0 bridgehead atoms. The Hall–Kier alpha value is -2.42. The maximum atomic E-state index is 13.7. The van der Waals surface area contributed by atoms with Gasteiger partial charge in [-0.2, -0.15) is 0 Å². The van der Waals surface area contributed by atoms with Gasteiger partial charge in [-0.15, -0.1) is 0 Å². The summed E-state index contributed by atoms with van der Waals surface area (Å²) in [5, 5.41) is 15.1. The Morgan fingerprint density at radius 3 is 2.85 bits per heavy atom. The number of methoxy groups -OCH3 is 1. The second kappa shape index (κ2) is 5.70. The molecule has 106 valence electrons. The number of halogens is 1. The predicted octanol–water partition coefficient (Wildman–Crippen LogP) is 2.10. The molecule has 0 aliphatic carbocycles. The third-order valence-corrected chi connectivity index (χ3v) is 3.22. The third kappa shape index (κ3) is 2.94. The third-order valence-electron chi connectivity index (χ3n) is 2.51. The Balaban J connectivity index is 2.23. The van der Waals surface area contributed by atoms with Crippen LogP contribution in [-0.2, 0) is 6.54 Å². The molecule has 2 aromatic rings. The van der Waals surface area contributed by atoms with E-state index in [0.29, 0.717) is 5.69 Å². The van der Waals surface area contributed by atoms with Gasteiger partial charge in [0.1, 0.15) is 0 Å². The number of nitrogens with zero attached hydrogens (tertiary/aromatic N) is 1. The number of anilines is 1. The average Bonchev–Trinajstić information content (AvgIpc) is 2.82. The Labute approximate surface area is 116 Å². The number of H-pyrrole nitrogens is 1. The maximum Gasteiger partial charge on any atom is 0.313 e. The van der Waals surface area contributed by atoms with Gasteiger partial charge in [0.25, 0.3) is 0 Å². The molecule has 2 rings (SSSR count). The fourth-order valence-electron chi connectivity index (χ4n) is 1.58. The molecule has 2 N–H and O–H groups in total. The number of aromatic amines is 1. The minimum absolute atomic E-state index is 0.0438. The first-order valence-electron chi connectivity index (χ1n) is 5.43. The summed E-state index contributed by atoms with van der Waals surface area (Å²) in [4.78, 5) is 23.3. The zero-order valence-corrected chi connectivity index (χ0v) is 11.1. The van der Waals surface area contributed by atoms with Gasteiger partial charge in [0.05, 0.1) is 30.3 Å². The summed E-state index contributed by atoms with van der Waals surface area (Å²) in [5.74, 6) is -0.812. The van der Waals surface area contributed by atoms with Crippen molar-refractivity contribution in [1.82, 2.24) is 4.98 Å². The summed E-state index contributed by atoms with van der Waals surface area (Å²) in [5.41, 5.74) is 0.204. The van der Waals surface area contributed by atoms with E-state index < -0.39 is 16.4 Å². The number of thiazole rings is 1. The molecule has 7 nitrogen and oxygen atoms in total. The van der Waals surface area contributed by atoms with Crippen LogP contribution in [-0.4, -0.2) is 17.0 Å². The Kier molecular flexibility index (Phi) is 3.99. The van der Waals surface area contributed by atoms with Crippen LogP contribution in [0.25, 0.3) is 0 Å². The molecule has 9 heteroatoms. The number of aromatic nitrogens is 1. The van der Waals surface area contributed by atoms with Crippen molar-refractivity contribution in [1.29, 1.82) is 0 Å². The highest BCUT2D eigenvalue weighted by Gasteiger charge is 2.19. The summed E-state index contributed by atoms with van der Waals surface area (Å²) in [6.07, 6.45) is 0. The molecule has 0 aliphatic rings. The van der Waals surface area contributed by atoms with E-state index in [0.717, 1.165) is 17.4 Å². The van der Waals surface area contributed by atoms with E-state index in [1.165, 1.54) is 13.2 Å².